The van der Waals surface area contributed by atoms with Crippen LogP contribution in [0.2, 0.25) is 0 Å². The van der Waals surface area contributed by atoms with Crippen LogP contribution in [-0.2, 0) is 19.0 Å². The number of aliphatic hydroxyl groups is 2. The largest absolute Gasteiger partial charge is 2.00 e. The molecular weight excluding hydrogens is 1010 g/mol. The maximum Gasteiger partial charge on any atom is 2.00 e. The summed E-state index contributed by atoms with van der Waals surface area (Å²) in [5.41, 5.74) is 0. The molecule has 1 aliphatic rings. The molecule has 0 saturated carbocycles. The number of unbranched alkanes of at least 4 members (excludes halogenated alkanes) is 2. The minimum absolute atomic E-state index is 0. The van der Waals surface area contributed by atoms with Crippen LogP contribution in [0.5, 0.6) is 0 Å². The number of carbonyl (C=O) groups excluding carboxylic acids is 1. The van der Waals surface area contributed by atoms with Gasteiger partial charge in [0.2, 0.25) is 0 Å². The molecule has 1 fully saturated rings. The van der Waals surface area contributed by atoms with Crippen molar-refractivity contribution in [2.75, 3.05) is 13.2 Å². The van der Waals surface area contributed by atoms with Crippen molar-refractivity contribution >= 4 is 201 Å². The Bertz CT molecular complexity index is 584. The third-order valence-corrected chi connectivity index (χ3v) is 6.37. The topological polar surface area (TPSA) is 177 Å². The Morgan fingerprint density at radius 1 is 0.846 bits per heavy atom. The second kappa shape index (κ2) is 32.0. The monoisotopic (exact) mass is 1060 g/mol. The second-order valence-corrected chi connectivity index (χ2v) is 9.41. The molecule has 0 radical (unpaired) electrons. The first-order valence-electron chi connectivity index (χ1n) is 13.1. The molecule has 0 aromatic carbocycles. The van der Waals surface area contributed by atoms with E-state index in [9.17, 15) is 35.4 Å². The molecule has 14 heteroatoms. The van der Waals surface area contributed by atoms with Gasteiger partial charge in [-0.15, -0.1) is 18.8 Å². The summed E-state index contributed by atoms with van der Waals surface area (Å²) in [5.74, 6) is -0.392. The third kappa shape index (κ3) is 23.4. The molecule has 39 heavy (non-hydrogen) atoms. The third-order valence-electron chi connectivity index (χ3n) is 6.37. The second-order valence-electron chi connectivity index (χ2n) is 9.41. The number of hydrogen-bond donors (Lipinski definition) is 2. The van der Waals surface area contributed by atoms with Gasteiger partial charge in [0.25, 0.3) is 0 Å². The summed E-state index contributed by atoms with van der Waals surface area (Å²) >= 11 is 0. The molecule has 1 heterocycles. The normalized spacial score (nSPS) is 24.6. The van der Waals surface area contributed by atoms with Crippen LogP contribution in [0.3, 0.4) is 0 Å². The zero-order valence-electron chi connectivity index (χ0n) is 28.0. The zero-order chi connectivity index (χ0) is 26.2. The Morgan fingerprint density at radius 3 is 2.03 bits per heavy atom. The molecular formula is C25H48Ba4O10. The van der Waals surface area contributed by atoms with Crippen LogP contribution in [-0.4, -0.2) is 274 Å². The molecule has 10 nitrogen and oxygen atoms in total. The average molecular weight is 1060 g/mol. The van der Waals surface area contributed by atoms with Gasteiger partial charge < -0.3 is 50.6 Å². The minimum Gasteiger partial charge on any atom is -1.00 e. The molecule has 1 saturated heterocycles. The zero-order valence-corrected chi connectivity index (χ0v) is 41.8. The number of esters is 1. The summed E-state index contributed by atoms with van der Waals surface area (Å²) in [6.45, 7) is 2.97. The molecule has 0 aliphatic carbocycles. The van der Waals surface area contributed by atoms with Gasteiger partial charge in [-0.2, -0.15) is 0 Å². The van der Waals surface area contributed by atoms with Crippen LogP contribution in [0.15, 0.2) is 0 Å². The average Bonchev–Trinajstić information content (AvgIpc) is 2.84. The summed E-state index contributed by atoms with van der Waals surface area (Å²) in [4.78, 5) is 12.3. The Morgan fingerprint density at radius 2 is 1.44 bits per heavy atom. The van der Waals surface area contributed by atoms with Gasteiger partial charge in [-0.3, -0.25) is 4.79 Å². The Kier molecular flexibility index (Phi) is 42.1. The number of hydrogen-bond acceptors (Lipinski definition) is 10. The molecule has 1 rings (SSSR count). The summed E-state index contributed by atoms with van der Waals surface area (Å²) in [5, 5.41) is 66.4. The van der Waals surface area contributed by atoms with Crippen LogP contribution < -0.4 is 20.4 Å². The van der Waals surface area contributed by atoms with Gasteiger partial charge in [-0.1, -0.05) is 39.2 Å². The van der Waals surface area contributed by atoms with E-state index in [1.165, 1.54) is 0 Å². The fraction of sp³-hybridized carbons (Fsp3) is 0.960. The molecule has 2 N–H and O–H groups in total. The van der Waals surface area contributed by atoms with Gasteiger partial charge in [0.05, 0.1) is 18.8 Å². The molecule has 8 unspecified atom stereocenters. The predicted octanol–water partition coefficient (Wildman–Crippen LogP) is -2.44. The summed E-state index contributed by atoms with van der Waals surface area (Å²) in [6, 6.07) is 0. The van der Waals surface area contributed by atoms with E-state index in [0.717, 1.165) is 32.1 Å². The van der Waals surface area contributed by atoms with Gasteiger partial charge in [-0.05, 0) is 44.9 Å². The van der Waals surface area contributed by atoms with E-state index in [4.69, 9.17) is 14.2 Å². The van der Waals surface area contributed by atoms with E-state index in [0.29, 0.717) is 32.1 Å². The van der Waals surface area contributed by atoms with E-state index >= 15 is 0 Å². The fourth-order valence-electron chi connectivity index (χ4n) is 3.99. The smallest absolute Gasteiger partial charge is 1.00 e. The molecule has 8 atom stereocenters. The van der Waals surface area contributed by atoms with Crippen LogP contribution in [0, 0.1) is 0 Å². The van der Waals surface area contributed by atoms with E-state index in [1.54, 1.807) is 0 Å². The standard InChI is InChI=1S/C25H44O10.4Ba.4H/c1-3-5-9-18(28)10-6-7-12-19(34-21(29)13-8-11-17(27)4-2)14-15-33-25-24(32)23(31)22(30)20(16-26)35-25;;;;;;;;/h17-20,22-25,27-28H,3-16H2,1-2H3;;;;;;;;/q-4;4*+2;4*-1. The van der Waals surface area contributed by atoms with Crippen molar-refractivity contribution in [3.05, 3.63) is 0 Å². The number of carbonyl (C=O) groups is 1. The van der Waals surface area contributed by atoms with Crippen molar-refractivity contribution in [2.24, 2.45) is 0 Å². The van der Waals surface area contributed by atoms with Crippen molar-refractivity contribution in [1.29, 1.82) is 0 Å². The van der Waals surface area contributed by atoms with Gasteiger partial charge in [0, 0.05) is 18.9 Å². The summed E-state index contributed by atoms with van der Waals surface area (Å²) in [7, 11) is 0. The molecule has 0 spiro atoms. The van der Waals surface area contributed by atoms with Gasteiger partial charge in [0.1, 0.15) is 12.4 Å². The van der Waals surface area contributed by atoms with Crippen LogP contribution in [0.25, 0.3) is 0 Å². The SMILES string of the molecule is CCCCC(O)CCCCC(CCOC1OC(C[O-])C([O-])C([O-])C1[O-])OC(=O)CCCC(O)CC.[Ba+2].[Ba+2].[Ba+2].[Ba+2].[H-].[H-].[H-].[H-]. The first-order valence-corrected chi connectivity index (χ1v) is 13.1. The Balaban J connectivity index is -0.000000255. The van der Waals surface area contributed by atoms with Gasteiger partial charge in [-0.25, -0.2) is 0 Å². The summed E-state index contributed by atoms with van der Waals surface area (Å²) in [6.07, 6.45) is -2.54. The first kappa shape index (κ1) is 51.3. The van der Waals surface area contributed by atoms with E-state index < -0.39 is 55.5 Å². The van der Waals surface area contributed by atoms with Gasteiger partial charge >= 0.3 is 201 Å². The molecule has 0 aromatic heterocycles. The predicted molar refractivity (Wildman–Crippen MR) is 147 cm³/mol. The van der Waals surface area contributed by atoms with Crippen LogP contribution in [0.4, 0.5) is 0 Å². The maximum absolute atomic E-state index is 12.3. The number of aliphatic hydroxyl groups excluding tert-OH is 2. The van der Waals surface area contributed by atoms with E-state index in [-0.39, 0.29) is 227 Å². The molecule has 216 valence electrons. The van der Waals surface area contributed by atoms with Crippen molar-refractivity contribution in [1.82, 2.24) is 0 Å². The van der Waals surface area contributed by atoms with Crippen molar-refractivity contribution in [3.8, 4) is 0 Å². The van der Waals surface area contributed by atoms with Crippen molar-refractivity contribution in [2.45, 2.75) is 140 Å². The number of rotatable bonds is 19. The van der Waals surface area contributed by atoms with E-state index in [1.807, 2.05) is 6.92 Å². The fourth-order valence-corrected chi connectivity index (χ4v) is 3.99. The maximum atomic E-state index is 12.3. The molecule has 1 aliphatic heterocycles. The minimum atomic E-state index is -2.03. The summed E-state index contributed by atoms with van der Waals surface area (Å²) < 4.78 is 16.1. The Labute approximate surface area is 401 Å². The van der Waals surface area contributed by atoms with Crippen molar-refractivity contribution in [3.63, 3.8) is 0 Å². The molecule has 0 aromatic rings. The Hall–Kier alpha value is 5.44. The van der Waals surface area contributed by atoms with E-state index in [2.05, 4.69) is 6.92 Å². The number of ether oxygens (including phenoxy) is 3. The molecule has 0 amide bonds. The van der Waals surface area contributed by atoms with Crippen LogP contribution >= 0.6 is 0 Å². The van der Waals surface area contributed by atoms with Gasteiger partial charge in [0.15, 0.2) is 0 Å². The quantitative estimate of drug-likeness (QED) is 0.0804. The van der Waals surface area contributed by atoms with Crippen molar-refractivity contribution < 1.29 is 55.4 Å². The first-order chi connectivity index (χ1) is 16.7. The molecule has 0 bridgehead atoms. The van der Waals surface area contributed by atoms with Crippen LogP contribution in [0.1, 0.15) is 96.6 Å².